The molecule has 1 aromatic heterocycles. The Morgan fingerprint density at radius 3 is 1.47 bits per heavy atom. The van der Waals surface area contributed by atoms with Crippen molar-refractivity contribution in [2.24, 2.45) is 0 Å². The first kappa shape index (κ1) is 35.2. The first-order chi connectivity index (χ1) is 29.8. The Labute approximate surface area is 350 Å². The molecule has 282 valence electrons. The maximum absolute atomic E-state index is 2.47. The molecule has 60 heavy (non-hydrogen) atoms. The molecule has 0 radical (unpaired) electrons. The van der Waals surface area contributed by atoms with Crippen LogP contribution in [-0.2, 0) is 0 Å². The van der Waals surface area contributed by atoms with E-state index >= 15 is 0 Å². The second-order valence-corrected chi connectivity index (χ2v) is 15.3. The van der Waals surface area contributed by atoms with Gasteiger partial charge in [-0.3, -0.25) is 0 Å². The average molecular weight is 765 g/mol. The highest BCUT2D eigenvalue weighted by atomic mass is 15.1. The number of para-hydroxylation sites is 2. The molecular weight excluding hydrogens is 725 g/mol. The minimum Gasteiger partial charge on any atom is -0.310 e. The molecule has 11 rings (SSSR count). The van der Waals surface area contributed by atoms with Gasteiger partial charge in [-0.1, -0.05) is 194 Å². The zero-order valence-corrected chi connectivity index (χ0v) is 33.0. The minimum atomic E-state index is 1.09. The monoisotopic (exact) mass is 764 g/mol. The number of rotatable bonds is 8. The van der Waals surface area contributed by atoms with Gasteiger partial charge < -0.3 is 9.47 Å². The Morgan fingerprint density at radius 2 is 0.767 bits per heavy atom. The number of anilines is 3. The number of aromatic nitrogens is 1. The van der Waals surface area contributed by atoms with Gasteiger partial charge in [0.05, 0.1) is 22.4 Å². The van der Waals surface area contributed by atoms with Gasteiger partial charge in [-0.25, -0.2) is 0 Å². The summed E-state index contributed by atoms with van der Waals surface area (Å²) in [6.45, 7) is 0. The maximum atomic E-state index is 2.47. The van der Waals surface area contributed by atoms with Gasteiger partial charge >= 0.3 is 0 Å². The Morgan fingerprint density at radius 1 is 0.267 bits per heavy atom. The van der Waals surface area contributed by atoms with Crippen LogP contribution < -0.4 is 4.90 Å². The van der Waals surface area contributed by atoms with Crippen LogP contribution in [0.2, 0.25) is 0 Å². The van der Waals surface area contributed by atoms with E-state index in [2.05, 4.69) is 252 Å². The highest BCUT2D eigenvalue weighted by Crippen LogP contribution is 2.45. The van der Waals surface area contributed by atoms with E-state index in [0.717, 1.165) is 28.3 Å². The van der Waals surface area contributed by atoms with E-state index < -0.39 is 0 Å². The molecule has 0 saturated carbocycles. The third-order valence-corrected chi connectivity index (χ3v) is 11.8. The standard InChI is InChI=1S/C58H40N2/c1-5-17-41(18-6-1)43-29-31-45(32-30-43)49-36-38-56(51-26-14-13-25-50(49)51)59(47-23-11-4-12-24-47)48-34-35-53-52-27-15-16-28-55(52)60(58(53)40-48)57-37-33-46(42-19-7-2-8-20-42)39-54(57)44-21-9-3-10-22-44/h1-40H. The summed E-state index contributed by atoms with van der Waals surface area (Å²) in [4.78, 5) is 2.42. The minimum absolute atomic E-state index is 1.09. The van der Waals surface area contributed by atoms with E-state index in [0.29, 0.717) is 0 Å². The molecule has 10 aromatic carbocycles. The maximum Gasteiger partial charge on any atom is 0.0562 e. The van der Waals surface area contributed by atoms with Gasteiger partial charge in [-0.05, 0) is 92.9 Å². The lowest BCUT2D eigenvalue weighted by atomic mass is 9.94. The molecule has 0 aliphatic heterocycles. The van der Waals surface area contributed by atoms with Crippen molar-refractivity contribution in [3.8, 4) is 50.2 Å². The second kappa shape index (κ2) is 15.1. The molecule has 0 fully saturated rings. The van der Waals surface area contributed by atoms with Crippen LogP contribution in [0.25, 0.3) is 82.8 Å². The quantitative estimate of drug-likeness (QED) is 0.150. The largest absolute Gasteiger partial charge is 0.310 e. The van der Waals surface area contributed by atoms with E-state index in [1.807, 2.05) is 0 Å². The van der Waals surface area contributed by atoms with Crippen molar-refractivity contribution in [1.29, 1.82) is 0 Å². The van der Waals surface area contributed by atoms with Gasteiger partial charge in [0.25, 0.3) is 0 Å². The SMILES string of the molecule is c1ccc(-c2ccc(-c3ccc(N(c4ccccc4)c4ccc5c6ccccc6n(-c6ccc(-c7ccccc7)cc6-c6ccccc6)c5c4)c4ccccc34)cc2)cc1. The van der Waals surface area contributed by atoms with Crippen molar-refractivity contribution in [3.05, 3.63) is 243 Å². The lowest BCUT2D eigenvalue weighted by molar-refractivity contribution is 1.18. The number of hydrogen-bond acceptors (Lipinski definition) is 1. The Balaban J connectivity index is 1.11. The zero-order chi connectivity index (χ0) is 39.8. The third-order valence-electron chi connectivity index (χ3n) is 11.8. The van der Waals surface area contributed by atoms with Crippen LogP contribution >= 0.6 is 0 Å². The van der Waals surface area contributed by atoms with E-state index in [9.17, 15) is 0 Å². The lowest BCUT2D eigenvalue weighted by Gasteiger charge is -2.28. The smallest absolute Gasteiger partial charge is 0.0562 e. The van der Waals surface area contributed by atoms with Crippen LogP contribution in [0.1, 0.15) is 0 Å². The fourth-order valence-electron chi connectivity index (χ4n) is 8.95. The van der Waals surface area contributed by atoms with Crippen molar-refractivity contribution in [2.75, 3.05) is 4.90 Å². The highest BCUT2D eigenvalue weighted by Gasteiger charge is 2.21. The summed E-state index contributed by atoms with van der Waals surface area (Å²) in [5.41, 5.74) is 16.4. The van der Waals surface area contributed by atoms with E-state index in [4.69, 9.17) is 0 Å². The van der Waals surface area contributed by atoms with Gasteiger partial charge in [-0.15, -0.1) is 0 Å². The Kier molecular flexibility index (Phi) is 8.87. The summed E-state index contributed by atoms with van der Waals surface area (Å²) in [5, 5.41) is 4.84. The first-order valence-electron chi connectivity index (χ1n) is 20.6. The summed E-state index contributed by atoms with van der Waals surface area (Å²) in [5.74, 6) is 0. The zero-order valence-electron chi connectivity index (χ0n) is 33.0. The molecule has 0 unspecified atom stereocenters. The summed E-state index contributed by atoms with van der Waals surface area (Å²) in [7, 11) is 0. The fraction of sp³-hybridized carbons (Fsp3) is 0. The average Bonchev–Trinajstić information content (AvgIpc) is 3.66. The van der Waals surface area contributed by atoms with Crippen molar-refractivity contribution in [3.63, 3.8) is 0 Å². The summed E-state index contributed by atoms with van der Waals surface area (Å²) in [6.07, 6.45) is 0. The highest BCUT2D eigenvalue weighted by molar-refractivity contribution is 6.12. The van der Waals surface area contributed by atoms with Crippen molar-refractivity contribution in [2.45, 2.75) is 0 Å². The Hall–Kier alpha value is -7.94. The molecule has 0 saturated heterocycles. The molecule has 11 aromatic rings. The van der Waals surface area contributed by atoms with Crippen molar-refractivity contribution in [1.82, 2.24) is 4.57 Å². The fourth-order valence-corrected chi connectivity index (χ4v) is 8.95. The van der Waals surface area contributed by atoms with E-state index in [-0.39, 0.29) is 0 Å². The first-order valence-corrected chi connectivity index (χ1v) is 20.6. The topological polar surface area (TPSA) is 8.17 Å². The normalized spacial score (nSPS) is 11.3. The van der Waals surface area contributed by atoms with Gasteiger partial charge in [0.15, 0.2) is 0 Å². The van der Waals surface area contributed by atoms with Gasteiger partial charge in [0.1, 0.15) is 0 Å². The lowest BCUT2D eigenvalue weighted by Crippen LogP contribution is -2.11. The molecule has 0 amide bonds. The number of fused-ring (bicyclic) bond motifs is 4. The van der Waals surface area contributed by atoms with E-state index in [1.54, 1.807) is 0 Å². The Bertz CT molecular complexity index is 3280. The second-order valence-electron chi connectivity index (χ2n) is 15.3. The predicted octanol–water partition coefficient (Wildman–Crippen LogP) is 16.1. The molecule has 2 nitrogen and oxygen atoms in total. The number of hydrogen-bond donors (Lipinski definition) is 0. The van der Waals surface area contributed by atoms with Gasteiger partial charge in [-0.2, -0.15) is 0 Å². The van der Waals surface area contributed by atoms with Crippen LogP contribution in [0.3, 0.4) is 0 Å². The molecule has 0 atom stereocenters. The summed E-state index contributed by atoms with van der Waals surface area (Å²) in [6, 6.07) is 87.9. The molecule has 0 aliphatic rings. The van der Waals surface area contributed by atoms with Crippen molar-refractivity contribution >= 4 is 49.6 Å². The van der Waals surface area contributed by atoms with Gasteiger partial charge in [0.2, 0.25) is 0 Å². The molecular formula is C58H40N2. The summed E-state index contributed by atoms with van der Waals surface area (Å²) < 4.78 is 2.47. The van der Waals surface area contributed by atoms with Crippen LogP contribution in [0.5, 0.6) is 0 Å². The van der Waals surface area contributed by atoms with Crippen molar-refractivity contribution < 1.29 is 0 Å². The third kappa shape index (κ3) is 6.23. The molecule has 0 bridgehead atoms. The molecule has 0 N–H and O–H groups in total. The van der Waals surface area contributed by atoms with Crippen LogP contribution in [0.15, 0.2) is 243 Å². The predicted molar refractivity (Wildman–Crippen MR) is 255 cm³/mol. The molecule has 1 heterocycles. The number of benzene rings is 10. The summed E-state index contributed by atoms with van der Waals surface area (Å²) >= 11 is 0. The number of nitrogens with zero attached hydrogens (tertiary/aromatic N) is 2. The van der Waals surface area contributed by atoms with Gasteiger partial charge in [0, 0.05) is 33.1 Å². The van der Waals surface area contributed by atoms with Crippen LogP contribution in [0.4, 0.5) is 17.1 Å². The molecule has 0 spiro atoms. The molecule has 0 aliphatic carbocycles. The van der Waals surface area contributed by atoms with Crippen LogP contribution in [0, 0.1) is 0 Å². The molecule has 2 heteroatoms. The van der Waals surface area contributed by atoms with Crippen LogP contribution in [-0.4, -0.2) is 4.57 Å². The van der Waals surface area contributed by atoms with E-state index in [1.165, 1.54) is 71.6 Å².